The first-order valence-electron chi connectivity index (χ1n) is 40.6. The molecule has 9 nitrogen and oxygen atoms in total. The first-order chi connectivity index (χ1) is 48.8. The number of esters is 2. The molecular formula is C89H150NO8P. The highest BCUT2D eigenvalue weighted by Crippen LogP contribution is 2.43. The third-order valence-corrected chi connectivity index (χ3v) is 18.1. The van der Waals surface area contributed by atoms with Gasteiger partial charge in [-0.05, 0) is 128 Å². The molecule has 0 aromatic rings. The van der Waals surface area contributed by atoms with Crippen LogP contribution >= 0.6 is 7.82 Å². The lowest BCUT2D eigenvalue weighted by molar-refractivity contribution is -0.161. The van der Waals surface area contributed by atoms with Crippen LogP contribution in [0.4, 0.5) is 0 Å². The van der Waals surface area contributed by atoms with Crippen molar-refractivity contribution >= 4 is 19.8 Å². The van der Waals surface area contributed by atoms with Crippen molar-refractivity contribution in [3.8, 4) is 0 Å². The van der Waals surface area contributed by atoms with Gasteiger partial charge in [0.1, 0.15) is 6.61 Å². The Kier molecular flexibility index (Phi) is 78.5. The summed E-state index contributed by atoms with van der Waals surface area (Å²) in [5, 5.41) is 0. The number of allylic oxidation sites excluding steroid dienone is 28. The van der Waals surface area contributed by atoms with Crippen LogP contribution in [-0.2, 0) is 32.7 Å². The van der Waals surface area contributed by atoms with Crippen LogP contribution < -0.4 is 5.73 Å². The first-order valence-corrected chi connectivity index (χ1v) is 42.1. The minimum absolute atomic E-state index is 0.0492. The number of carbonyl (C=O) groups is 2. The average Bonchev–Trinajstić information content (AvgIpc) is 1.52. The van der Waals surface area contributed by atoms with Crippen molar-refractivity contribution < 1.29 is 37.6 Å². The second-order valence-electron chi connectivity index (χ2n) is 26.5. The molecule has 0 fully saturated rings. The number of nitrogens with two attached hydrogens (primary N) is 1. The van der Waals surface area contributed by atoms with Crippen molar-refractivity contribution in [3.63, 3.8) is 0 Å². The largest absolute Gasteiger partial charge is 0.472 e. The Bertz CT molecular complexity index is 2240. The quantitative estimate of drug-likeness (QED) is 0.0264. The van der Waals surface area contributed by atoms with Crippen molar-refractivity contribution in [2.45, 2.75) is 354 Å². The zero-order valence-corrected chi connectivity index (χ0v) is 64.6. The lowest BCUT2D eigenvalue weighted by Gasteiger charge is -2.19. The predicted octanol–water partition coefficient (Wildman–Crippen LogP) is 27.6. The Morgan fingerprint density at radius 2 is 0.525 bits per heavy atom. The Morgan fingerprint density at radius 1 is 0.303 bits per heavy atom. The summed E-state index contributed by atoms with van der Waals surface area (Å²) >= 11 is 0. The van der Waals surface area contributed by atoms with Gasteiger partial charge in [0.25, 0.3) is 0 Å². The van der Waals surface area contributed by atoms with E-state index in [1.807, 2.05) is 0 Å². The van der Waals surface area contributed by atoms with E-state index in [4.69, 9.17) is 24.3 Å². The summed E-state index contributed by atoms with van der Waals surface area (Å²) in [5.74, 6) is -0.821. The smallest absolute Gasteiger partial charge is 0.462 e. The van der Waals surface area contributed by atoms with Crippen LogP contribution in [0.25, 0.3) is 0 Å². The zero-order valence-electron chi connectivity index (χ0n) is 63.7. The Labute approximate surface area is 610 Å². The van der Waals surface area contributed by atoms with E-state index < -0.39 is 26.5 Å². The number of phosphoric ester groups is 1. The number of rotatable bonds is 75. The van der Waals surface area contributed by atoms with Crippen molar-refractivity contribution in [1.29, 1.82) is 0 Å². The van der Waals surface area contributed by atoms with Gasteiger partial charge in [-0.2, -0.15) is 0 Å². The highest BCUT2D eigenvalue weighted by Gasteiger charge is 2.26. The summed E-state index contributed by atoms with van der Waals surface area (Å²) < 4.78 is 33.3. The minimum Gasteiger partial charge on any atom is -0.462 e. The molecule has 0 aromatic heterocycles. The fraction of sp³-hybridized carbons (Fsp3) is 0.663. The number of hydrogen-bond acceptors (Lipinski definition) is 8. The van der Waals surface area contributed by atoms with Crippen molar-refractivity contribution in [2.24, 2.45) is 5.73 Å². The van der Waals surface area contributed by atoms with Gasteiger partial charge < -0.3 is 20.1 Å². The molecule has 0 rings (SSSR count). The van der Waals surface area contributed by atoms with Crippen molar-refractivity contribution in [2.75, 3.05) is 26.4 Å². The highest BCUT2D eigenvalue weighted by atomic mass is 31.2. The molecule has 0 saturated heterocycles. The SMILES string of the molecule is CC/C=C\C/C=C\C/C=C\C/C=C\C/C=C\C/C=C\C/C=C\CCCCCCCCCCCCCCCCCCCC(=O)OCC(COP(=O)(O)OCCN)OC(=O)CCCCCCCCCCCCCCCCCCC/C=C\C/C=C\C/C=C\C/C=C\C/C=C\C/C=C\C/C=C\CC. The van der Waals surface area contributed by atoms with Crippen LogP contribution in [-0.4, -0.2) is 49.3 Å². The Hall–Kier alpha value is -4.63. The zero-order chi connectivity index (χ0) is 71.5. The standard InChI is InChI=1S/C89H150NO8P/c1-3-5-7-9-11-13-15-17-19-21-23-25-27-29-31-33-35-37-39-41-43-45-47-49-51-53-55-57-59-61-63-65-67-69-71-73-75-77-79-81-88(91)95-85-87(86-97-99(93,94)96-84-83-90)98-89(92)82-80-78-76-74-72-70-68-66-64-62-60-58-56-54-52-50-48-46-44-42-40-38-36-34-32-30-28-26-24-22-20-18-16-14-12-10-8-6-4-2/h5-8,11-14,17-20,23-26,29-32,35-38,41-44,87H,3-4,9-10,15-16,21-22,27-28,33-34,39-40,45-86,90H2,1-2H3,(H,93,94)/b7-5-,8-6-,13-11-,14-12-,19-17-,20-18-,25-23-,26-24-,31-29-,32-30-,37-35-,38-36-,43-41-,44-42-. The maximum absolute atomic E-state index is 12.8. The molecule has 10 heteroatoms. The van der Waals surface area contributed by atoms with Gasteiger partial charge in [-0.1, -0.05) is 377 Å². The molecular weight excluding hydrogens is 1240 g/mol. The monoisotopic (exact) mass is 1390 g/mol. The van der Waals surface area contributed by atoms with Crippen LogP contribution in [0.5, 0.6) is 0 Å². The molecule has 0 aliphatic rings. The molecule has 0 amide bonds. The maximum atomic E-state index is 12.8. The molecule has 564 valence electrons. The van der Waals surface area contributed by atoms with E-state index in [9.17, 15) is 19.0 Å². The van der Waals surface area contributed by atoms with Crippen LogP contribution in [0.15, 0.2) is 170 Å². The summed E-state index contributed by atoms with van der Waals surface area (Å²) in [7, 11) is -4.40. The third kappa shape index (κ3) is 82.2. The Balaban J connectivity index is 3.83. The molecule has 0 radical (unpaired) electrons. The molecule has 3 N–H and O–H groups in total. The summed E-state index contributed by atoms with van der Waals surface area (Å²) in [6.07, 6.45) is 122. The first kappa shape index (κ1) is 94.4. The van der Waals surface area contributed by atoms with Crippen molar-refractivity contribution in [3.05, 3.63) is 170 Å². The van der Waals surface area contributed by atoms with Crippen LogP contribution in [0, 0.1) is 0 Å². The number of carbonyl (C=O) groups excluding carboxylic acids is 2. The molecule has 0 saturated carbocycles. The van der Waals surface area contributed by atoms with Gasteiger partial charge in [-0.15, -0.1) is 0 Å². The van der Waals surface area contributed by atoms with Crippen LogP contribution in [0.2, 0.25) is 0 Å². The fourth-order valence-corrected chi connectivity index (χ4v) is 12.0. The van der Waals surface area contributed by atoms with Gasteiger partial charge in [-0.3, -0.25) is 18.6 Å². The summed E-state index contributed by atoms with van der Waals surface area (Å²) in [6, 6.07) is 0. The van der Waals surface area contributed by atoms with Gasteiger partial charge in [-0.25, -0.2) is 4.57 Å². The topological polar surface area (TPSA) is 134 Å². The molecule has 0 aliphatic carbocycles. The van der Waals surface area contributed by atoms with Gasteiger partial charge in [0.2, 0.25) is 0 Å². The van der Waals surface area contributed by atoms with Gasteiger partial charge >= 0.3 is 19.8 Å². The van der Waals surface area contributed by atoms with E-state index in [1.165, 1.54) is 186 Å². The van der Waals surface area contributed by atoms with E-state index in [1.54, 1.807) is 0 Å². The second kappa shape index (κ2) is 82.3. The number of ether oxygens (including phenoxy) is 2. The van der Waals surface area contributed by atoms with Gasteiger partial charge in [0.05, 0.1) is 13.2 Å². The van der Waals surface area contributed by atoms with Crippen LogP contribution in [0.3, 0.4) is 0 Å². The number of phosphoric acid groups is 1. The molecule has 99 heavy (non-hydrogen) atoms. The molecule has 0 aromatic carbocycles. The lowest BCUT2D eigenvalue weighted by atomic mass is 10.0. The molecule has 0 heterocycles. The summed E-state index contributed by atoms with van der Waals surface area (Å²) in [6.45, 7) is 3.54. The van der Waals surface area contributed by atoms with Crippen molar-refractivity contribution in [1.82, 2.24) is 0 Å². The van der Waals surface area contributed by atoms with Gasteiger partial charge in [0, 0.05) is 19.4 Å². The second-order valence-corrected chi connectivity index (χ2v) is 28.0. The molecule has 0 spiro atoms. The highest BCUT2D eigenvalue weighted by molar-refractivity contribution is 7.47. The Morgan fingerprint density at radius 3 is 0.778 bits per heavy atom. The van der Waals surface area contributed by atoms with E-state index >= 15 is 0 Å². The third-order valence-electron chi connectivity index (χ3n) is 17.1. The maximum Gasteiger partial charge on any atom is 0.472 e. The summed E-state index contributed by atoms with van der Waals surface area (Å²) in [4.78, 5) is 35.5. The van der Waals surface area contributed by atoms with E-state index in [2.05, 4.69) is 184 Å². The van der Waals surface area contributed by atoms with E-state index in [-0.39, 0.29) is 38.6 Å². The lowest BCUT2D eigenvalue weighted by Crippen LogP contribution is -2.29. The molecule has 0 bridgehead atoms. The number of unbranched alkanes of at least 4 members (excludes halogenated alkanes) is 34. The van der Waals surface area contributed by atoms with E-state index in [0.29, 0.717) is 6.42 Å². The summed E-state index contributed by atoms with van der Waals surface area (Å²) in [5.41, 5.74) is 5.42. The predicted molar refractivity (Wildman–Crippen MR) is 431 cm³/mol. The molecule has 0 aliphatic heterocycles. The normalized spacial score (nSPS) is 13.8. The minimum atomic E-state index is -4.40. The van der Waals surface area contributed by atoms with Gasteiger partial charge in [0.15, 0.2) is 6.10 Å². The van der Waals surface area contributed by atoms with Crippen LogP contribution in [0.1, 0.15) is 348 Å². The average molecular weight is 1390 g/mol. The molecule has 2 unspecified atom stereocenters. The fourth-order valence-electron chi connectivity index (χ4n) is 11.2. The number of hydrogen-bond donors (Lipinski definition) is 2. The molecule has 2 atom stereocenters. The van der Waals surface area contributed by atoms with E-state index in [0.717, 1.165) is 128 Å².